The first-order valence-electron chi connectivity index (χ1n) is 7.69. The number of ether oxygens (including phenoxy) is 1. The molecule has 1 heterocycles. The molecule has 1 amide bonds. The van der Waals surface area contributed by atoms with Crippen molar-refractivity contribution < 1.29 is 13.9 Å². The Labute approximate surface area is 135 Å². The lowest BCUT2D eigenvalue weighted by atomic mass is 10.2. The Hall–Kier alpha value is -2.37. The third-order valence-corrected chi connectivity index (χ3v) is 3.63. The Morgan fingerprint density at radius 1 is 1.43 bits per heavy atom. The fraction of sp³-hybridized carbons (Fsp3) is 0.412. The van der Waals surface area contributed by atoms with E-state index >= 15 is 0 Å². The lowest BCUT2D eigenvalue weighted by Gasteiger charge is -2.10. The smallest absolute Gasteiger partial charge is 0.251 e. The van der Waals surface area contributed by atoms with Crippen LogP contribution in [-0.2, 0) is 13.0 Å². The second-order valence-electron chi connectivity index (χ2n) is 5.32. The Morgan fingerprint density at radius 2 is 2.22 bits per heavy atom. The van der Waals surface area contributed by atoms with E-state index in [9.17, 15) is 9.18 Å². The first-order chi connectivity index (χ1) is 11.1. The Kier molecular flexibility index (Phi) is 5.73. The fourth-order valence-electron chi connectivity index (χ4n) is 2.44. The number of aryl methyl sites for hydroxylation is 1. The third-order valence-electron chi connectivity index (χ3n) is 3.63. The summed E-state index contributed by atoms with van der Waals surface area (Å²) < 4.78 is 20.6. The van der Waals surface area contributed by atoms with Gasteiger partial charge in [0.25, 0.3) is 5.91 Å². The molecule has 2 rings (SSSR count). The van der Waals surface area contributed by atoms with Crippen molar-refractivity contribution in [1.82, 2.24) is 14.9 Å². The number of aromatic nitrogens is 2. The second-order valence-corrected chi connectivity index (χ2v) is 5.32. The van der Waals surface area contributed by atoms with Crippen LogP contribution in [0.3, 0.4) is 0 Å². The lowest BCUT2D eigenvalue weighted by Crippen LogP contribution is -2.26. The van der Waals surface area contributed by atoms with Gasteiger partial charge in [0.2, 0.25) is 0 Å². The summed E-state index contributed by atoms with van der Waals surface area (Å²) in [5.74, 6) is 0.218. The molecule has 0 bridgehead atoms. The highest BCUT2D eigenvalue weighted by Crippen LogP contribution is 2.17. The average Bonchev–Trinajstić information content (AvgIpc) is 2.88. The van der Waals surface area contributed by atoms with E-state index in [1.54, 1.807) is 6.07 Å². The maximum absolute atomic E-state index is 13.6. The van der Waals surface area contributed by atoms with Gasteiger partial charge < -0.3 is 14.6 Å². The van der Waals surface area contributed by atoms with E-state index in [2.05, 4.69) is 21.8 Å². The Bertz CT molecular complexity index is 682. The van der Waals surface area contributed by atoms with Gasteiger partial charge in [0.15, 0.2) is 11.6 Å². The summed E-state index contributed by atoms with van der Waals surface area (Å²) in [6, 6.07) is 4.16. The number of benzene rings is 1. The molecular weight excluding hydrogens is 297 g/mol. The van der Waals surface area contributed by atoms with E-state index in [1.165, 1.54) is 19.2 Å². The van der Waals surface area contributed by atoms with E-state index in [1.807, 2.05) is 13.1 Å². The van der Waals surface area contributed by atoms with Crippen molar-refractivity contribution >= 4 is 5.91 Å². The molecule has 0 aliphatic carbocycles. The molecular formula is C17H22FN3O2. The van der Waals surface area contributed by atoms with Gasteiger partial charge in [-0.15, -0.1) is 0 Å². The van der Waals surface area contributed by atoms with Crippen LogP contribution in [0.1, 0.15) is 35.2 Å². The number of carbonyl (C=O) groups is 1. The summed E-state index contributed by atoms with van der Waals surface area (Å²) in [7, 11) is 1.39. The molecule has 124 valence electrons. The highest BCUT2D eigenvalue weighted by molar-refractivity contribution is 5.94. The molecule has 0 fully saturated rings. The van der Waals surface area contributed by atoms with E-state index in [0.717, 1.165) is 24.5 Å². The van der Waals surface area contributed by atoms with E-state index < -0.39 is 5.82 Å². The quantitative estimate of drug-likeness (QED) is 0.854. The first kappa shape index (κ1) is 17.0. The number of methoxy groups -OCH3 is 1. The van der Waals surface area contributed by atoms with Gasteiger partial charge in [0.1, 0.15) is 5.82 Å². The average molecular weight is 319 g/mol. The molecule has 0 aliphatic heterocycles. The summed E-state index contributed by atoms with van der Waals surface area (Å²) >= 11 is 0. The predicted molar refractivity (Wildman–Crippen MR) is 86.2 cm³/mol. The molecule has 2 aromatic rings. The molecule has 23 heavy (non-hydrogen) atoms. The number of halogens is 1. The van der Waals surface area contributed by atoms with Crippen molar-refractivity contribution in [1.29, 1.82) is 0 Å². The maximum Gasteiger partial charge on any atom is 0.251 e. The molecule has 1 aromatic carbocycles. The number of amides is 1. The van der Waals surface area contributed by atoms with Gasteiger partial charge in [-0.3, -0.25) is 4.79 Å². The van der Waals surface area contributed by atoms with Crippen LogP contribution in [0, 0.1) is 12.7 Å². The van der Waals surface area contributed by atoms with Gasteiger partial charge >= 0.3 is 0 Å². The molecule has 0 radical (unpaired) electrons. The minimum Gasteiger partial charge on any atom is -0.494 e. The zero-order chi connectivity index (χ0) is 16.8. The van der Waals surface area contributed by atoms with Crippen LogP contribution in [-0.4, -0.2) is 29.1 Å². The zero-order valence-corrected chi connectivity index (χ0v) is 13.7. The molecule has 0 saturated carbocycles. The number of imidazole rings is 1. The van der Waals surface area contributed by atoms with Crippen molar-refractivity contribution in [2.75, 3.05) is 13.7 Å². The van der Waals surface area contributed by atoms with Gasteiger partial charge in [-0.1, -0.05) is 6.92 Å². The van der Waals surface area contributed by atoms with E-state index in [-0.39, 0.29) is 17.2 Å². The normalized spacial score (nSPS) is 10.6. The largest absolute Gasteiger partial charge is 0.494 e. The second kappa shape index (κ2) is 7.76. The zero-order valence-electron chi connectivity index (χ0n) is 13.7. The minimum absolute atomic E-state index is 0.124. The SMILES string of the molecule is CCCn1c(C)cnc1CCNC(=O)c1ccc(OC)c(F)c1. The third kappa shape index (κ3) is 4.09. The summed E-state index contributed by atoms with van der Waals surface area (Å²) in [4.78, 5) is 16.4. The van der Waals surface area contributed by atoms with Crippen LogP contribution in [0.5, 0.6) is 5.75 Å². The molecule has 0 saturated heterocycles. The van der Waals surface area contributed by atoms with Crippen molar-refractivity contribution in [2.24, 2.45) is 0 Å². The van der Waals surface area contributed by atoms with Gasteiger partial charge in [-0.05, 0) is 31.5 Å². The summed E-state index contributed by atoms with van der Waals surface area (Å²) in [5, 5.41) is 2.79. The van der Waals surface area contributed by atoms with Crippen molar-refractivity contribution in [3.05, 3.63) is 47.3 Å². The van der Waals surface area contributed by atoms with E-state index in [4.69, 9.17) is 4.74 Å². The number of nitrogens with zero attached hydrogens (tertiary/aromatic N) is 2. The molecule has 0 unspecified atom stereocenters. The molecule has 0 spiro atoms. The highest BCUT2D eigenvalue weighted by Gasteiger charge is 2.11. The molecule has 0 aliphatic rings. The topological polar surface area (TPSA) is 56.2 Å². The number of hydrogen-bond acceptors (Lipinski definition) is 3. The Morgan fingerprint density at radius 3 is 2.87 bits per heavy atom. The van der Waals surface area contributed by atoms with Gasteiger partial charge in [-0.2, -0.15) is 0 Å². The molecule has 1 N–H and O–H groups in total. The standard InChI is InChI=1S/C17H22FN3O2/c1-4-9-21-12(2)11-20-16(21)7-8-19-17(22)13-5-6-15(23-3)14(18)10-13/h5-6,10-11H,4,7-9H2,1-3H3,(H,19,22). The lowest BCUT2D eigenvalue weighted by molar-refractivity contribution is 0.0953. The predicted octanol–water partition coefficient (Wildman–Crippen LogP) is 2.72. The summed E-state index contributed by atoms with van der Waals surface area (Å²) in [6.45, 7) is 5.50. The van der Waals surface area contributed by atoms with Gasteiger partial charge in [0.05, 0.1) is 7.11 Å². The van der Waals surface area contributed by atoms with Crippen molar-refractivity contribution in [3.8, 4) is 5.75 Å². The van der Waals surface area contributed by atoms with Crippen LogP contribution in [0.2, 0.25) is 0 Å². The van der Waals surface area contributed by atoms with Crippen LogP contribution in [0.4, 0.5) is 4.39 Å². The van der Waals surface area contributed by atoms with Crippen LogP contribution >= 0.6 is 0 Å². The highest BCUT2D eigenvalue weighted by atomic mass is 19.1. The monoisotopic (exact) mass is 319 g/mol. The van der Waals surface area contributed by atoms with Crippen LogP contribution in [0.25, 0.3) is 0 Å². The number of nitrogens with one attached hydrogen (secondary N) is 1. The fourth-order valence-corrected chi connectivity index (χ4v) is 2.44. The first-order valence-corrected chi connectivity index (χ1v) is 7.69. The molecule has 1 aromatic heterocycles. The van der Waals surface area contributed by atoms with Crippen LogP contribution in [0.15, 0.2) is 24.4 Å². The number of carbonyl (C=O) groups excluding carboxylic acids is 1. The Balaban J connectivity index is 1.93. The van der Waals surface area contributed by atoms with Gasteiger partial charge in [0, 0.05) is 37.0 Å². The summed E-state index contributed by atoms with van der Waals surface area (Å²) in [6.07, 6.45) is 3.51. The molecule has 6 heteroatoms. The van der Waals surface area contributed by atoms with Crippen molar-refractivity contribution in [3.63, 3.8) is 0 Å². The van der Waals surface area contributed by atoms with E-state index in [0.29, 0.717) is 13.0 Å². The van der Waals surface area contributed by atoms with Crippen molar-refractivity contribution in [2.45, 2.75) is 33.2 Å². The summed E-state index contributed by atoms with van der Waals surface area (Å²) in [5.41, 5.74) is 1.39. The number of rotatable bonds is 7. The minimum atomic E-state index is -0.547. The number of hydrogen-bond donors (Lipinski definition) is 1. The molecule has 0 atom stereocenters. The van der Waals surface area contributed by atoms with Gasteiger partial charge in [-0.25, -0.2) is 9.37 Å². The molecule has 5 nitrogen and oxygen atoms in total. The van der Waals surface area contributed by atoms with Crippen LogP contribution < -0.4 is 10.1 Å². The maximum atomic E-state index is 13.6.